The molecule has 126 valence electrons. The van der Waals surface area contributed by atoms with Gasteiger partial charge in [-0.15, -0.1) is 0 Å². The van der Waals surface area contributed by atoms with Crippen molar-refractivity contribution in [2.75, 3.05) is 17.7 Å². The highest BCUT2D eigenvalue weighted by molar-refractivity contribution is 7.85. The largest absolute Gasteiger partial charge is 0.357 e. The molecule has 1 aliphatic heterocycles. The molecule has 1 saturated carbocycles. The maximum atomic E-state index is 12.0. The van der Waals surface area contributed by atoms with Crippen LogP contribution in [0, 0.1) is 0 Å². The first-order valence-electron chi connectivity index (χ1n) is 7.84. The molecule has 0 unspecified atom stereocenters. The second kappa shape index (κ2) is 6.09. The quantitative estimate of drug-likeness (QED) is 0.780. The number of aryl methyl sites for hydroxylation is 1. The maximum Gasteiger partial charge on any atom is 0.265 e. The number of amides is 1. The Morgan fingerprint density at radius 2 is 2.09 bits per heavy atom. The average molecular weight is 339 g/mol. The van der Waals surface area contributed by atoms with Crippen molar-refractivity contribution >= 4 is 21.8 Å². The van der Waals surface area contributed by atoms with Crippen molar-refractivity contribution in [3.8, 4) is 0 Å². The molecule has 1 aromatic rings. The number of pyridine rings is 1. The number of fused-ring (bicyclic) bond motifs is 1. The van der Waals surface area contributed by atoms with Crippen LogP contribution in [0.15, 0.2) is 6.07 Å². The van der Waals surface area contributed by atoms with Crippen molar-refractivity contribution in [3.63, 3.8) is 0 Å². The topological polar surface area (TPSA) is 99.6 Å². The number of nitrogens with zero attached hydrogens (tertiary/aromatic N) is 2. The lowest BCUT2D eigenvalue weighted by atomic mass is 10.1. The van der Waals surface area contributed by atoms with Crippen LogP contribution in [-0.2, 0) is 23.1 Å². The van der Waals surface area contributed by atoms with E-state index < -0.39 is 15.9 Å². The number of carbonyl (C=O) groups is 1. The number of nitrogens with one attached hydrogen (secondary N) is 1. The number of hydrogen-bond acceptors (Lipinski definition) is 5. The van der Waals surface area contributed by atoms with E-state index in [1.165, 1.54) is 12.8 Å². The summed E-state index contributed by atoms with van der Waals surface area (Å²) in [4.78, 5) is 18.7. The SMILES string of the molecule is CN(c1cc2c(c(CCS(=O)(=O)O)n1)CNC2=O)C1CCCC1. The third-order valence-electron chi connectivity index (χ3n) is 4.70. The zero-order valence-corrected chi connectivity index (χ0v) is 13.9. The van der Waals surface area contributed by atoms with Gasteiger partial charge in [0, 0.05) is 42.9 Å². The molecule has 3 rings (SSSR count). The first-order valence-corrected chi connectivity index (χ1v) is 9.45. The Labute approximate surface area is 135 Å². The van der Waals surface area contributed by atoms with E-state index in [4.69, 9.17) is 4.55 Å². The summed E-state index contributed by atoms with van der Waals surface area (Å²) in [5.74, 6) is 0.145. The lowest BCUT2D eigenvalue weighted by molar-refractivity contribution is 0.0965. The molecular weight excluding hydrogens is 318 g/mol. The first kappa shape index (κ1) is 16.2. The van der Waals surface area contributed by atoms with Crippen LogP contribution >= 0.6 is 0 Å². The van der Waals surface area contributed by atoms with Crippen molar-refractivity contribution in [1.82, 2.24) is 10.3 Å². The molecule has 0 aromatic carbocycles. The highest BCUT2D eigenvalue weighted by Crippen LogP contribution is 2.29. The Morgan fingerprint density at radius 3 is 2.74 bits per heavy atom. The van der Waals surface area contributed by atoms with Crippen molar-refractivity contribution in [2.45, 2.75) is 44.7 Å². The van der Waals surface area contributed by atoms with Crippen molar-refractivity contribution in [3.05, 3.63) is 22.9 Å². The van der Waals surface area contributed by atoms with Gasteiger partial charge >= 0.3 is 0 Å². The molecule has 2 aliphatic rings. The van der Waals surface area contributed by atoms with Crippen LogP contribution in [0.3, 0.4) is 0 Å². The predicted molar refractivity (Wildman–Crippen MR) is 86.2 cm³/mol. The Hall–Kier alpha value is -1.67. The zero-order chi connectivity index (χ0) is 16.6. The Bertz CT molecular complexity index is 726. The van der Waals surface area contributed by atoms with Gasteiger partial charge in [-0.3, -0.25) is 9.35 Å². The molecule has 0 spiro atoms. The number of aromatic nitrogens is 1. The average Bonchev–Trinajstić information content (AvgIpc) is 3.14. The van der Waals surface area contributed by atoms with Gasteiger partial charge in [-0.1, -0.05) is 12.8 Å². The van der Waals surface area contributed by atoms with Crippen LogP contribution in [0.2, 0.25) is 0 Å². The molecule has 0 radical (unpaired) electrons. The van der Waals surface area contributed by atoms with Gasteiger partial charge in [-0.25, -0.2) is 4.98 Å². The third kappa shape index (κ3) is 3.48. The second-order valence-electron chi connectivity index (χ2n) is 6.22. The van der Waals surface area contributed by atoms with E-state index in [9.17, 15) is 13.2 Å². The predicted octanol–water partition coefficient (Wildman–Crippen LogP) is 1.13. The van der Waals surface area contributed by atoms with Crippen LogP contribution < -0.4 is 10.2 Å². The van der Waals surface area contributed by atoms with Crippen molar-refractivity contribution < 1.29 is 17.8 Å². The molecule has 0 atom stereocenters. The normalized spacial score (nSPS) is 18.1. The van der Waals surface area contributed by atoms with E-state index in [2.05, 4.69) is 15.2 Å². The summed E-state index contributed by atoms with van der Waals surface area (Å²) in [5, 5.41) is 2.75. The molecule has 2 heterocycles. The van der Waals surface area contributed by atoms with Gasteiger partial charge in [-0.2, -0.15) is 8.42 Å². The van der Waals surface area contributed by atoms with Gasteiger partial charge in [0.1, 0.15) is 5.82 Å². The molecule has 0 bridgehead atoms. The minimum absolute atomic E-state index is 0.0997. The van der Waals surface area contributed by atoms with Crippen LogP contribution in [0.5, 0.6) is 0 Å². The van der Waals surface area contributed by atoms with Crippen LogP contribution in [-0.4, -0.2) is 42.7 Å². The monoisotopic (exact) mass is 339 g/mol. The summed E-state index contributed by atoms with van der Waals surface area (Å²) in [6, 6.07) is 2.19. The van der Waals surface area contributed by atoms with E-state index in [0.717, 1.165) is 18.4 Å². The molecular formula is C15H21N3O4S. The van der Waals surface area contributed by atoms with E-state index in [1.807, 2.05) is 7.05 Å². The van der Waals surface area contributed by atoms with E-state index in [1.54, 1.807) is 6.07 Å². The summed E-state index contributed by atoms with van der Waals surface area (Å²) in [6.45, 7) is 0.357. The van der Waals surface area contributed by atoms with E-state index in [-0.39, 0.29) is 12.3 Å². The highest BCUT2D eigenvalue weighted by Gasteiger charge is 2.27. The molecule has 8 heteroatoms. The van der Waals surface area contributed by atoms with Crippen LogP contribution in [0.4, 0.5) is 5.82 Å². The Morgan fingerprint density at radius 1 is 1.39 bits per heavy atom. The standard InChI is InChI=1S/C15H21N3O4S/c1-18(10-4-2-3-5-10)14-8-11-12(9-16-15(11)19)13(17-14)6-7-23(20,21)22/h8,10H,2-7,9H2,1H3,(H,16,19)(H,20,21,22). The minimum Gasteiger partial charge on any atom is -0.357 e. The zero-order valence-electron chi connectivity index (χ0n) is 13.1. The number of hydrogen-bond donors (Lipinski definition) is 2. The van der Waals surface area contributed by atoms with Crippen molar-refractivity contribution in [1.29, 1.82) is 0 Å². The number of anilines is 1. The third-order valence-corrected chi connectivity index (χ3v) is 5.42. The van der Waals surface area contributed by atoms with Crippen molar-refractivity contribution in [2.24, 2.45) is 0 Å². The lowest BCUT2D eigenvalue weighted by Gasteiger charge is -2.26. The lowest BCUT2D eigenvalue weighted by Crippen LogP contribution is -2.30. The maximum absolute atomic E-state index is 12.0. The summed E-state index contributed by atoms with van der Waals surface area (Å²) < 4.78 is 31.0. The molecule has 2 N–H and O–H groups in total. The second-order valence-corrected chi connectivity index (χ2v) is 7.79. The fourth-order valence-corrected chi connectivity index (χ4v) is 3.82. The fourth-order valence-electron chi connectivity index (χ4n) is 3.37. The van der Waals surface area contributed by atoms with E-state index in [0.29, 0.717) is 29.7 Å². The van der Waals surface area contributed by atoms with Crippen LogP contribution in [0.25, 0.3) is 0 Å². The summed E-state index contributed by atoms with van der Waals surface area (Å²) >= 11 is 0. The Balaban J connectivity index is 1.94. The fraction of sp³-hybridized carbons (Fsp3) is 0.600. The summed E-state index contributed by atoms with van der Waals surface area (Å²) in [7, 11) is -2.10. The molecule has 0 saturated heterocycles. The first-order chi connectivity index (χ1) is 10.8. The molecule has 1 fully saturated rings. The minimum atomic E-state index is -4.06. The van der Waals surface area contributed by atoms with Gasteiger partial charge < -0.3 is 10.2 Å². The summed E-state index contributed by atoms with van der Waals surface area (Å²) in [5.41, 5.74) is 1.87. The number of rotatable bonds is 5. The smallest absolute Gasteiger partial charge is 0.265 e. The van der Waals surface area contributed by atoms with Gasteiger partial charge in [-0.05, 0) is 18.9 Å². The molecule has 1 aliphatic carbocycles. The molecule has 23 heavy (non-hydrogen) atoms. The van der Waals surface area contributed by atoms with Gasteiger partial charge in [0.05, 0.1) is 5.75 Å². The van der Waals surface area contributed by atoms with Gasteiger partial charge in [0.25, 0.3) is 16.0 Å². The van der Waals surface area contributed by atoms with Gasteiger partial charge in [0.15, 0.2) is 0 Å². The van der Waals surface area contributed by atoms with Gasteiger partial charge in [0.2, 0.25) is 0 Å². The van der Waals surface area contributed by atoms with E-state index >= 15 is 0 Å². The summed E-state index contributed by atoms with van der Waals surface area (Å²) in [6.07, 6.45) is 4.68. The molecule has 1 aromatic heterocycles. The Kier molecular flexibility index (Phi) is 4.29. The molecule has 7 nitrogen and oxygen atoms in total. The number of carbonyl (C=O) groups excluding carboxylic acids is 1. The molecule has 1 amide bonds. The highest BCUT2D eigenvalue weighted by atomic mass is 32.2. The van der Waals surface area contributed by atoms with Crippen LogP contribution in [0.1, 0.15) is 47.3 Å².